The molecule has 2 N–H and O–H groups in total. The molecule has 0 fully saturated rings. The maximum atomic E-state index is 12.1. The summed E-state index contributed by atoms with van der Waals surface area (Å²) in [4.78, 5) is 13.6. The van der Waals surface area contributed by atoms with E-state index in [2.05, 4.69) is 22.3 Å². The predicted molar refractivity (Wildman–Crippen MR) is 78.8 cm³/mol. The van der Waals surface area contributed by atoms with E-state index < -0.39 is 0 Å². The smallest absolute Gasteiger partial charge is 0.265 e. The Hall–Kier alpha value is -2.10. The molecule has 2 aromatic heterocycles. The first-order chi connectivity index (χ1) is 9.60. The van der Waals surface area contributed by atoms with Crippen LogP contribution in [0.15, 0.2) is 18.5 Å². The maximum Gasteiger partial charge on any atom is 0.265 e. The lowest BCUT2D eigenvalue weighted by atomic mass is 10.2. The van der Waals surface area contributed by atoms with Gasteiger partial charge in [0.15, 0.2) is 0 Å². The fourth-order valence-electron chi connectivity index (χ4n) is 1.60. The highest BCUT2D eigenvalue weighted by atomic mass is 32.1. The fraction of sp³-hybridized carbons (Fsp3) is 0.286. The molecule has 1 amide bonds. The van der Waals surface area contributed by atoms with E-state index in [-0.39, 0.29) is 12.5 Å². The Balaban J connectivity index is 2.11. The van der Waals surface area contributed by atoms with Gasteiger partial charge in [0.1, 0.15) is 0 Å². The number of hydrogen-bond acceptors (Lipinski definition) is 4. The number of thiophene rings is 1. The molecule has 5 nitrogen and oxygen atoms in total. The van der Waals surface area contributed by atoms with Crippen molar-refractivity contribution in [3.8, 4) is 11.8 Å². The summed E-state index contributed by atoms with van der Waals surface area (Å²) >= 11 is 1.35. The lowest BCUT2D eigenvalue weighted by molar-refractivity contribution is 0.103. The zero-order valence-electron chi connectivity index (χ0n) is 11.3. The highest BCUT2D eigenvalue weighted by molar-refractivity contribution is 7.14. The minimum Gasteiger partial charge on any atom is -0.395 e. The number of hydrogen-bond donors (Lipinski definition) is 2. The lowest BCUT2D eigenvalue weighted by Gasteiger charge is -1.98. The second-order valence-corrected chi connectivity index (χ2v) is 5.31. The molecular weight excluding hydrogens is 274 g/mol. The van der Waals surface area contributed by atoms with Crippen molar-refractivity contribution in [2.75, 3.05) is 11.9 Å². The highest BCUT2D eigenvalue weighted by Crippen LogP contribution is 2.22. The number of aromatic nitrogens is 2. The van der Waals surface area contributed by atoms with Crippen LogP contribution in [0.25, 0.3) is 0 Å². The molecule has 0 bridgehead atoms. The van der Waals surface area contributed by atoms with E-state index in [1.165, 1.54) is 11.3 Å². The first kappa shape index (κ1) is 14.3. The molecule has 6 heteroatoms. The van der Waals surface area contributed by atoms with Gasteiger partial charge in [-0.25, -0.2) is 0 Å². The number of aliphatic hydroxyl groups excluding tert-OH is 1. The van der Waals surface area contributed by atoms with E-state index in [0.29, 0.717) is 17.0 Å². The van der Waals surface area contributed by atoms with Crippen LogP contribution in [0, 0.1) is 18.8 Å². The van der Waals surface area contributed by atoms with E-state index in [9.17, 15) is 4.79 Å². The van der Waals surface area contributed by atoms with E-state index in [1.54, 1.807) is 24.1 Å². The quantitative estimate of drug-likeness (QED) is 0.846. The van der Waals surface area contributed by atoms with Crippen LogP contribution in [0.1, 0.15) is 26.5 Å². The summed E-state index contributed by atoms with van der Waals surface area (Å²) in [6.45, 7) is 1.96. The molecule has 0 unspecified atom stereocenters. The molecule has 0 atom stereocenters. The molecule has 104 valence electrons. The number of amides is 1. The minimum absolute atomic E-state index is 0.0474. The Morgan fingerprint density at radius 1 is 1.60 bits per heavy atom. The summed E-state index contributed by atoms with van der Waals surface area (Å²) in [6.07, 6.45) is 3.77. The third-order valence-electron chi connectivity index (χ3n) is 2.54. The molecule has 0 spiro atoms. The van der Waals surface area contributed by atoms with Crippen molar-refractivity contribution >= 4 is 22.9 Å². The number of carbonyl (C=O) groups excluding carboxylic acids is 1. The summed E-state index contributed by atoms with van der Waals surface area (Å²) in [7, 11) is 1.79. The second kappa shape index (κ2) is 6.37. The average molecular weight is 289 g/mol. The van der Waals surface area contributed by atoms with Crippen molar-refractivity contribution in [1.29, 1.82) is 0 Å². The number of anilines is 1. The predicted octanol–water partition coefficient (Wildman–Crippen LogP) is 1.78. The van der Waals surface area contributed by atoms with Gasteiger partial charge >= 0.3 is 0 Å². The third-order valence-corrected chi connectivity index (χ3v) is 3.69. The van der Waals surface area contributed by atoms with Gasteiger partial charge in [-0.3, -0.25) is 9.48 Å². The van der Waals surface area contributed by atoms with Crippen LogP contribution in [0.2, 0.25) is 0 Å². The molecule has 0 radical (unpaired) electrons. The first-order valence-corrected chi connectivity index (χ1v) is 6.92. The van der Waals surface area contributed by atoms with Gasteiger partial charge in [0.05, 0.1) is 28.2 Å². The lowest BCUT2D eigenvalue weighted by Crippen LogP contribution is -2.09. The van der Waals surface area contributed by atoms with Crippen LogP contribution in [0.4, 0.5) is 5.69 Å². The summed E-state index contributed by atoms with van der Waals surface area (Å²) in [5.74, 6) is 5.67. The van der Waals surface area contributed by atoms with Crippen molar-refractivity contribution in [1.82, 2.24) is 9.78 Å². The molecule has 2 rings (SSSR count). The Kier molecular flexibility index (Phi) is 4.56. The first-order valence-electron chi connectivity index (χ1n) is 6.10. The van der Waals surface area contributed by atoms with Crippen LogP contribution in [-0.4, -0.2) is 27.4 Å². The molecule has 2 aromatic rings. The number of nitrogens with zero attached hydrogens (tertiary/aromatic N) is 2. The van der Waals surface area contributed by atoms with E-state index in [1.807, 2.05) is 13.0 Å². The van der Waals surface area contributed by atoms with Crippen LogP contribution < -0.4 is 5.32 Å². The van der Waals surface area contributed by atoms with Gasteiger partial charge in [0.2, 0.25) is 0 Å². The molecule has 0 aliphatic rings. The van der Waals surface area contributed by atoms with Crippen LogP contribution >= 0.6 is 11.3 Å². The standard InChI is InChI=1S/C14H15N3O2S/c1-10-7-13(20-12(10)5-3-4-6-18)14(19)16-11-8-15-17(2)9-11/h7-9,18H,4,6H2,1-2H3,(H,16,19). The molecule has 0 saturated carbocycles. The van der Waals surface area contributed by atoms with Crippen molar-refractivity contribution in [3.63, 3.8) is 0 Å². The monoisotopic (exact) mass is 289 g/mol. The Labute approximate surface area is 121 Å². The number of aryl methyl sites for hydroxylation is 2. The average Bonchev–Trinajstić information content (AvgIpc) is 2.97. The van der Waals surface area contributed by atoms with Crippen molar-refractivity contribution in [2.45, 2.75) is 13.3 Å². The maximum absolute atomic E-state index is 12.1. The number of nitrogens with one attached hydrogen (secondary N) is 1. The van der Waals surface area contributed by atoms with Crippen molar-refractivity contribution in [2.24, 2.45) is 7.05 Å². The molecular formula is C14H15N3O2S. The third kappa shape index (κ3) is 3.47. The number of rotatable bonds is 3. The van der Waals surface area contributed by atoms with Gasteiger partial charge < -0.3 is 10.4 Å². The minimum atomic E-state index is -0.165. The van der Waals surface area contributed by atoms with E-state index in [4.69, 9.17) is 5.11 Å². The van der Waals surface area contributed by atoms with E-state index >= 15 is 0 Å². The normalized spacial score (nSPS) is 9.95. The topological polar surface area (TPSA) is 67.2 Å². The van der Waals surface area contributed by atoms with Crippen molar-refractivity contribution < 1.29 is 9.90 Å². The van der Waals surface area contributed by atoms with Crippen LogP contribution in [-0.2, 0) is 7.05 Å². The van der Waals surface area contributed by atoms with Gasteiger partial charge in [-0.15, -0.1) is 11.3 Å². The summed E-state index contributed by atoms with van der Waals surface area (Å²) in [5, 5.41) is 15.5. The highest BCUT2D eigenvalue weighted by Gasteiger charge is 2.12. The van der Waals surface area contributed by atoms with Gasteiger partial charge in [0, 0.05) is 19.7 Å². The van der Waals surface area contributed by atoms with Crippen molar-refractivity contribution in [3.05, 3.63) is 33.8 Å². The molecule has 2 heterocycles. The summed E-state index contributed by atoms with van der Waals surface area (Å²) in [6, 6.07) is 1.82. The van der Waals surface area contributed by atoms with Gasteiger partial charge in [-0.2, -0.15) is 5.10 Å². The van der Waals surface area contributed by atoms with Crippen LogP contribution in [0.3, 0.4) is 0 Å². The molecule has 20 heavy (non-hydrogen) atoms. The molecule has 0 aromatic carbocycles. The zero-order valence-corrected chi connectivity index (χ0v) is 12.1. The number of carbonyl (C=O) groups is 1. The summed E-state index contributed by atoms with van der Waals surface area (Å²) in [5.41, 5.74) is 1.63. The Bertz CT molecular complexity index is 676. The molecule has 0 aliphatic heterocycles. The molecule has 0 saturated heterocycles. The SMILES string of the molecule is Cc1cc(C(=O)Nc2cnn(C)c2)sc1C#CCCO. The molecule has 0 aliphatic carbocycles. The van der Waals surface area contributed by atoms with Gasteiger partial charge in [-0.05, 0) is 18.6 Å². The Morgan fingerprint density at radius 2 is 2.40 bits per heavy atom. The number of aliphatic hydroxyl groups is 1. The van der Waals surface area contributed by atoms with Crippen LogP contribution in [0.5, 0.6) is 0 Å². The fourth-order valence-corrected chi connectivity index (χ4v) is 2.54. The zero-order chi connectivity index (χ0) is 14.5. The summed E-state index contributed by atoms with van der Waals surface area (Å²) < 4.78 is 1.63. The largest absolute Gasteiger partial charge is 0.395 e. The van der Waals surface area contributed by atoms with Gasteiger partial charge in [0.25, 0.3) is 5.91 Å². The van der Waals surface area contributed by atoms with Gasteiger partial charge in [-0.1, -0.05) is 11.8 Å². The Morgan fingerprint density at radius 3 is 3.05 bits per heavy atom. The second-order valence-electron chi connectivity index (χ2n) is 4.25. The van der Waals surface area contributed by atoms with E-state index in [0.717, 1.165) is 10.4 Å².